The van der Waals surface area contributed by atoms with Gasteiger partial charge in [-0.1, -0.05) is 0 Å². The molecule has 0 saturated heterocycles. The fraction of sp³-hybridized carbons (Fsp3) is 0. The van der Waals surface area contributed by atoms with E-state index in [-0.39, 0.29) is 16.9 Å². The molecule has 0 aliphatic heterocycles. The zero-order valence-corrected chi connectivity index (χ0v) is 8.13. The third-order valence-electron chi connectivity index (χ3n) is 1.52. The number of phenols is 2. The van der Waals surface area contributed by atoms with Crippen molar-refractivity contribution < 1.29 is 19.8 Å². The van der Waals surface area contributed by atoms with E-state index in [1.807, 2.05) is 0 Å². The lowest BCUT2D eigenvalue weighted by Crippen LogP contribution is -1.96. The monoisotopic (exact) mass is 234 g/mol. The van der Waals surface area contributed by atoms with Crippen LogP contribution in [0, 0.1) is 0 Å². The summed E-state index contributed by atoms with van der Waals surface area (Å²) in [4.78, 5) is 21.5. The van der Waals surface area contributed by atoms with E-state index < -0.39 is 16.2 Å². The highest BCUT2D eigenvalue weighted by Crippen LogP contribution is 2.29. The Morgan fingerprint density at radius 2 is 1.36 bits per heavy atom. The molecule has 0 heterocycles. The van der Waals surface area contributed by atoms with Gasteiger partial charge >= 0.3 is 0 Å². The van der Waals surface area contributed by atoms with Crippen LogP contribution in [0.25, 0.3) is 0 Å². The van der Waals surface area contributed by atoms with Crippen molar-refractivity contribution >= 4 is 33.7 Å². The fourth-order valence-electron chi connectivity index (χ4n) is 0.919. The molecule has 0 aromatic heterocycles. The topological polar surface area (TPSA) is 74.6 Å². The Morgan fingerprint density at radius 3 is 1.64 bits per heavy atom. The summed E-state index contributed by atoms with van der Waals surface area (Å²) in [6, 6.07) is 1.88. The molecule has 0 bridgehead atoms. The number of phenolic OH excluding ortho intramolecular Hbond substituents is 2. The van der Waals surface area contributed by atoms with Crippen molar-refractivity contribution in [2.75, 3.05) is 0 Å². The molecule has 1 aromatic rings. The smallest absolute Gasteiger partial charge is 0.256 e. The third kappa shape index (κ3) is 1.97. The Hall–Kier alpha value is -1.26. The van der Waals surface area contributed by atoms with Crippen molar-refractivity contribution in [3.63, 3.8) is 0 Å². The first-order valence-electron chi connectivity index (χ1n) is 3.39. The van der Waals surface area contributed by atoms with Crippen LogP contribution in [-0.2, 0) is 0 Å². The second-order valence-electron chi connectivity index (χ2n) is 2.44. The summed E-state index contributed by atoms with van der Waals surface area (Å²) in [5, 5.41) is 16.4. The van der Waals surface area contributed by atoms with Gasteiger partial charge in [-0.15, -0.1) is 0 Å². The maximum Gasteiger partial charge on any atom is 0.256 e. The van der Waals surface area contributed by atoms with Gasteiger partial charge in [-0.2, -0.15) is 0 Å². The number of hydrogen-bond acceptors (Lipinski definition) is 4. The van der Waals surface area contributed by atoms with Crippen LogP contribution in [0.5, 0.6) is 11.5 Å². The summed E-state index contributed by atoms with van der Waals surface area (Å²) in [6.07, 6.45) is 0. The van der Waals surface area contributed by atoms with E-state index in [0.29, 0.717) is 0 Å². The van der Waals surface area contributed by atoms with Crippen molar-refractivity contribution in [3.05, 3.63) is 23.3 Å². The maximum absolute atomic E-state index is 10.7. The summed E-state index contributed by atoms with van der Waals surface area (Å²) in [5.74, 6) is -1.02. The van der Waals surface area contributed by atoms with Gasteiger partial charge in [0.1, 0.15) is 11.5 Å². The molecular formula is C8H4Cl2O4. The van der Waals surface area contributed by atoms with Crippen molar-refractivity contribution in [1.29, 1.82) is 0 Å². The molecule has 14 heavy (non-hydrogen) atoms. The predicted octanol–water partition coefficient (Wildman–Crippen LogP) is 1.86. The summed E-state index contributed by atoms with van der Waals surface area (Å²) >= 11 is 10.2. The van der Waals surface area contributed by atoms with Crippen LogP contribution < -0.4 is 0 Å². The molecular weight excluding hydrogens is 231 g/mol. The minimum atomic E-state index is -0.988. The van der Waals surface area contributed by atoms with Crippen molar-refractivity contribution in [3.8, 4) is 11.5 Å². The molecule has 0 saturated carbocycles. The molecule has 0 aliphatic carbocycles. The molecule has 0 radical (unpaired) electrons. The summed E-state index contributed by atoms with van der Waals surface area (Å²) in [7, 11) is 0. The molecule has 6 heteroatoms. The zero-order chi connectivity index (χ0) is 10.9. The van der Waals surface area contributed by atoms with Gasteiger partial charge in [0, 0.05) is 0 Å². The Bertz CT molecular complexity index is 379. The van der Waals surface area contributed by atoms with Crippen LogP contribution in [0.15, 0.2) is 12.1 Å². The lowest BCUT2D eigenvalue weighted by Gasteiger charge is -2.04. The molecule has 0 aliphatic rings. The second kappa shape index (κ2) is 3.86. The van der Waals surface area contributed by atoms with Gasteiger partial charge < -0.3 is 10.2 Å². The number of aromatic hydroxyl groups is 2. The first kappa shape index (κ1) is 10.8. The molecule has 1 aromatic carbocycles. The van der Waals surface area contributed by atoms with E-state index in [2.05, 4.69) is 0 Å². The van der Waals surface area contributed by atoms with Gasteiger partial charge in [0.2, 0.25) is 0 Å². The van der Waals surface area contributed by atoms with E-state index in [1.165, 1.54) is 0 Å². The SMILES string of the molecule is O=C(Cl)c1cc(O)cc(C(=O)Cl)c1O. The molecule has 1 rings (SSSR count). The molecule has 2 N–H and O–H groups in total. The van der Waals surface area contributed by atoms with Crippen molar-refractivity contribution in [2.24, 2.45) is 0 Å². The van der Waals surface area contributed by atoms with Crippen LogP contribution in [0.3, 0.4) is 0 Å². The molecule has 0 spiro atoms. The van der Waals surface area contributed by atoms with E-state index in [0.717, 1.165) is 12.1 Å². The summed E-state index contributed by atoms with van der Waals surface area (Å²) in [5.41, 5.74) is -0.730. The average Bonchev–Trinajstić information content (AvgIpc) is 2.07. The van der Waals surface area contributed by atoms with Gasteiger partial charge in [0.25, 0.3) is 10.5 Å². The number of benzene rings is 1. The van der Waals surface area contributed by atoms with E-state index in [1.54, 1.807) is 0 Å². The average molecular weight is 235 g/mol. The van der Waals surface area contributed by atoms with E-state index >= 15 is 0 Å². The first-order valence-corrected chi connectivity index (χ1v) is 4.14. The number of rotatable bonds is 2. The highest BCUT2D eigenvalue weighted by Gasteiger charge is 2.18. The Morgan fingerprint density at radius 1 is 1.00 bits per heavy atom. The zero-order valence-electron chi connectivity index (χ0n) is 6.62. The highest BCUT2D eigenvalue weighted by molar-refractivity contribution is 6.69. The van der Waals surface area contributed by atoms with E-state index in [9.17, 15) is 14.7 Å². The summed E-state index contributed by atoms with van der Waals surface area (Å²) < 4.78 is 0. The molecule has 0 fully saturated rings. The van der Waals surface area contributed by atoms with Crippen LogP contribution in [0.4, 0.5) is 0 Å². The van der Waals surface area contributed by atoms with Gasteiger partial charge in [-0.3, -0.25) is 9.59 Å². The maximum atomic E-state index is 10.7. The number of carbonyl (C=O) groups excluding carboxylic acids is 2. The second-order valence-corrected chi connectivity index (χ2v) is 3.12. The van der Waals surface area contributed by atoms with Crippen molar-refractivity contribution in [1.82, 2.24) is 0 Å². The van der Waals surface area contributed by atoms with Crippen LogP contribution >= 0.6 is 23.2 Å². The number of hydrogen-bond donors (Lipinski definition) is 2. The largest absolute Gasteiger partial charge is 0.508 e. The van der Waals surface area contributed by atoms with Crippen molar-refractivity contribution in [2.45, 2.75) is 0 Å². The summed E-state index contributed by atoms with van der Waals surface area (Å²) in [6.45, 7) is 0. The first-order chi connectivity index (χ1) is 6.43. The van der Waals surface area contributed by atoms with Crippen LogP contribution in [0.1, 0.15) is 20.7 Å². The number of halogens is 2. The van der Waals surface area contributed by atoms with Gasteiger partial charge in [-0.25, -0.2) is 0 Å². The normalized spacial score (nSPS) is 9.86. The molecule has 0 unspecified atom stereocenters. The molecule has 0 atom stereocenters. The van der Waals surface area contributed by atoms with Gasteiger partial charge in [0.15, 0.2) is 0 Å². The quantitative estimate of drug-likeness (QED) is 0.605. The molecule has 0 amide bonds. The molecule has 4 nitrogen and oxygen atoms in total. The third-order valence-corrected chi connectivity index (χ3v) is 1.93. The van der Waals surface area contributed by atoms with E-state index in [4.69, 9.17) is 28.3 Å². The van der Waals surface area contributed by atoms with Gasteiger partial charge in [0.05, 0.1) is 11.1 Å². The molecule has 74 valence electrons. The lowest BCUT2D eigenvalue weighted by atomic mass is 10.1. The Kier molecular flexibility index (Phi) is 2.98. The standard InChI is InChI=1S/C8H4Cl2O4/c9-7(13)4-1-3(11)2-5(6(4)12)8(10)14/h1-2,11-12H. The highest BCUT2D eigenvalue weighted by atomic mass is 35.5. The fourth-order valence-corrected chi connectivity index (χ4v) is 1.21. The minimum absolute atomic E-state index is 0.365. The van der Waals surface area contributed by atoms with Crippen LogP contribution in [-0.4, -0.2) is 20.7 Å². The Labute approximate surface area is 88.7 Å². The lowest BCUT2D eigenvalue weighted by molar-refractivity contribution is 0.107. The van der Waals surface area contributed by atoms with Gasteiger partial charge in [-0.05, 0) is 35.3 Å². The predicted molar refractivity (Wildman–Crippen MR) is 50.1 cm³/mol. The number of carbonyl (C=O) groups is 2. The van der Waals surface area contributed by atoms with Crippen LogP contribution in [0.2, 0.25) is 0 Å². The minimum Gasteiger partial charge on any atom is -0.508 e. The Balaban J connectivity index is 3.47.